The number of amides is 1. The van der Waals surface area contributed by atoms with E-state index < -0.39 is 5.97 Å². The fourth-order valence-electron chi connectivity index (χ4n) is 1.74. The lowest BCUT2D eigenvalue weighted by Crippen LogP contribution is -2.09. The smallest absolute Gasteiger partial charge is 0.354 e. The van der Waals surface area contributed by atoms with Crippen molar-refractivity contribution in [3.8, 4) is 0 Å². The lowest BCUT2D eigenvalue weighted by atomic mass is 10.1. The Labute approximate surface area is 103 Å². The number of rotatable bonds is 2. The minimum Gasteiger partial charge on any atom is -0.477 e. The molecule has 0 atom stereocenters. The zero-order valence-corrected chi connectivity index (χ0v) is 10.0. The minimum atomic E-state index is -1.12. The number of aromatic nitrogens is 1. The third-order valence-electron chi connectivity index (χ3n) is 2.50. The molecule has 0 radical (unpaired) electrons. The van der Waals surface area contributed by atoms with Crippen molar-refractivity contribution >= 4 is 28.5 Å². The molecule has 5 nitrogen and oxygen atoms in total. The normalized spacial score (nSPS) is 10.3. The molecule has 0 fully saturated rings. The summed E-state index contributed by atoms with van der Waals surface area (Å²) in [7, 11) is 0. The number of carboxylic acids is 1. The number of aryl methyl sites for hydroxylation is 1. The molecule has 1 amide bonds. The zero-order valence-electron chi connectivity index (χ0n) is 10.0. The largest absolute Gasteiger partial charge is 0.477 e. The van der Waals surface area contributed by atoms with E-state index in [1.54, 1.807) is 6.07 Å². The van der Waals surface area contributed by atoms with Crippen molar-refractivity contribution in [2.45, 2.75) is 13.8 Å². The second kappa shape index (κ2) is 4.44. The molecule has 5 heteroatoms. The van der Waals surface area contributed by atoms with Crippen LogP contribution >= 0.6 is 0 Å². The van der Waals surface area contributed by atoms with E-state index in [4.69, 9.17) is 5.11 Å². The van der Waals surface area contributed by atoms with E-state index >= 15 is 0 Å². The van der Waals surface area contributed by atoms with Crippen LogP contribution in [-0.4, -0.2) is 22.0 Å². The molecule has 2 rings (SSSR count). The monoisotopic (exact) mass is 244 g/mol. The van der Waals surface area contributed by atoms with Crippen LogP contribution in [0.3, 0.4) is 0 Å². The van der Waals surface area contributed by atoms with E-state index in [1.165, 1.54) is 13.0 Å². The fourth-order valence-corrected chi connectivity index (χ4v) is 1.74. The van der Waals surface area contributed by atoms with Gasteiger partial charge in [-0.1, -0.05) is 12.1 Å². The Morgan fingerprint density at radius 3 is 2.61 bits per heavy atom. The van der Waals surface area contributed by atoms with Crippen molar-refractivity contribution in [1.29, 1.82) is 0 Å². The summed E-state index contributed by atoms with van der Waals surface area (Å²) in [5.74, 6) is -1.37. The second-order valence-corrected chi connectivity index (χ2v) is 4.06. The molecule has 1 aromatic carbocycles. The summed E-state index contributed by atoms with van der Waals surface area (Å²) in [4.78, 5) is 26.2. The van der Waals surface area contributed by atoms with Gasteiger partial charge in [0.2, 0.25) is 5.91 Å². The van der Waals surface area contributed by atoms with Crippen LogP contribution in [-0.2, 0) is 4.79 Å². The second-order valence-electron chi connectivity index (χ2n) is 4.06. The Morgan fingerprint density at radius 1 is 1.28 bits per heavy atom. The van der Waals surface area contributed by atoms with E-state index in [1.807, 2.05) is 19.1 Å². The van der Waals surface area contributed by atoms with Crippen LogP contribution in [0.1, 0.15) is 23.0 Å². The summed E-state index contributed by atoms with van der Waals surface area (Å²) in [6, 6.07) is 6.85. The average Bonchev–Trinajstić information content (AvgIpc) is 2.27. The van der Waals surface area contributed by atoms with E-state index in [-0.39, 0.29) is 11.6 Å². The Kier molecular flexibility index (Phi) is 2.97. The number of hydrogen-bond donors (Lipinski definition) is 2. The van der Waals surface area contributed by atoms with Crippen LogP contribution in [0.25, 0.3) is 10.9 Å². The van der Waals surface area contributed by atoms with Gasteiger partial charge in [-0.3, -0.25) is 4.79 Å². The van der Waals surface area contributed by atoms with Gasteiger partial charge < -0.3 is 10.4 Å². The lowest BCUT2D eigenvalue weighted by Gasteiger charge is -2.08. The van der Waals surface area contributed by atoms with E-state index in [0.29, 0.717) is 11.2 Å². The minimum absolute atomic E-state index is 0.0862. The van der Waals surface area contributed by atoms with Crippen LogP contribution in [0.4, 0.5) is 5.69 Å². The highest BCUT2D eigenvalue weighted by Crippen LogP contribution is 2.24. The maximum Gasteiger partial charge on any atom is 0.354 e. The highest BCUT2D eigenvalue weighted by molar-refractivity contribution is 6.03. The molecule has 1 aromatic heterocycles. The number of aromatic carboxylic acids is 1. The molecule has 0 bridgehead atoms. The van der Waals surface area contributed by atoms with Gasteiger partial charge >= 0.3 is 5.97 Å². The third-order valence-corrected chi connectivity index (χ3v) is 2.50. The van der Waals surface area contributed by atoms with Crippen LogP contribution in [0, 0.1) is 6.92 Å². The summed E-state index contributed by atoms with van der Waals surface area (Å²) in [5.41, 5.74) is 1.91. The highest BCUT2D eigenvalue weighted by Gasteiger charge is 2.11. The standard InChI is InChI=1S/C13H12N2O3/c1-7-3-4-9-10(5-7)15-12(13(17)18)6-11(9)14-8(2)16/h3-6H,1-2H3,(H,17,18)(H,14,15,16). The molecular formula is C13H12N2O3. The summed E-state index contributed by atoms with van der Waals surface area (Å²) in [6.45, 7) is 3.27. The van der Waals surface area contributed by atoms with Gasteiger partial charge in [0.25, 0.3) is 0 Å². The SMILES string of the molecule is CC(=O)Nc1cc(C(=O)O)nc2cc(C)ccc12. The predicted octanol–water partition coefficient (Wildman–Crippen LogP) is 2.20. The number of anilines is 1. The fraction of sp³-hybridized carbons (Fsp3) is 0.154. The van der Waals surface area contributed by atoms with Gasteiger partial charge in [-0.05, 0) is 24.6 Å². The summed E-state index contributed by atoms with van der Waals surface area (Å²) < 4.78 is 0. The molecule has 18 heavy (non-hydrogen) atoms. The van der Waals surface area contributed by atoms with Gasteiger partial charge in [-0.2, -0.15) is 0 Å². The van der Waals surface area contributed by atoms with Gasteiger partial charge in [0.05, 0.1) is 11.2 Å². The lowest BCUT2D eigenvalue weighted by molar-refractivity contribution is -0.114. The van der Waals surface area contributed by atoms with Gasteiger partial charge in [0.15, 0.2) is 5.69 Å². The number of benzene rings is 1. The van der Waals surface area contributed by atoms with Gasteiger partial charge in [0.1, 0.15) is 0 Å². The highest BCUT2D eigenvalue weighted by atomic mass is 16.4. The Hall–Kier alpha value is -2.43. The number of fused-ring (bicyclic) bond motifs is 1. The number of carboxylic acid groups (broad SMARTS) is 1. The van der Waals surface area contributed by atoms with E-state index in [2.05, 4.69) is 10.3 Å². The van der Waals surface area contributed by atoms with Crippen molar-refractivity contribution in [2.24, 2.45) is 0 Å². The van der Waals surface area contributed by atoms with Crippen LogP contribution in [0.15, 0.2) is 24.3 Å². The zero-order chi connectivity index (χ0) is 13.3. The topological polar surface area (TPSA) is 79.3 Å². The number of pyridine rings is 1. The van der Waals surface area contributed by atoms with Crippen molar-refractivity contribution in [2.75, 3.05) is 5.32 Å². The van der Waals surface area contributed by atoms with E-state index in [0.717, 1.165) is 10.9 Å². The first-order valence-corrected chi connectivity index (χ1v) is 5.39. The molecular weight excluding hydrogens is 232 g/mol. The summed E-state index contributed by atoms with van der Waals surface area (Å²) in [5, 5.41) is 12.3. The molecule has 0 saturated carbocycles. The molecule has 2 aromatic rings. The van der Waals surface area contributed by atoms with Crippen LogP contribution in [0.2, 0.25) is 0 Å². The molecule has 0 aliphatic carbocycles. The maximum absolute atomic E-state index is 11.1. The first-order valence-electron chi connectivity index (χ1n) is 5.39. The number of carbonyl (C=O) groups excluding carboxylic acids is 1. The van der Waals surface area contributed by atoms with Gasteiger partial charge in [0, 0.05) is 12.3 Å². The van der Waals surface area contributed by atoms with E-state index in [9.17, 15) is 9.59 Å². The first-order chi connectivity index (χ1) is 8.47. The molecule has 2 N–H and O–H groups in total. The first kappa shape index (κ1) is 12.0. The molecule has 0 spiro atoms. The molecule has 0 aliphatic heterocycles. The molecule has 0 saturated heterocycles. The van der Waals surface area contributed by atoms with Crippen molar-refractivity contribution in [3.05, 3.63) is 35.5 Å². The van der Waals surface area contributed by atoms with Crippen LogP contribution in [0.5, 0.6) is 0 Å². The third kappa shape index (κ3) is 2.29. The predicted molar refractivity (Wildman–Crippen MR) is 67.7 cm³/mol. The Bertz CT molecular complexity index is 650. The van der Waals surface area contributed by atoms with Gasteiger partial charge in [-0.15, -0.1) is 0 Å². The summed E-state index contributed by atoms with van der Waals surface area (Å²) in [6.07, 6.45) is 0. The maximum atomic E-state index is 11.1. The van der Waals surface area contributed by atoms with Gasteiger partial charge in [-0.25, -0.2) is 9.78 Å². The van der Waals surface area contributed by atoms with Crippen molar-refractivity contribution in [3.63, 3.8) is 0 Å². The number of nitrogens with zero attached hydrogens (tertiary/aromatic N) is 1. The number of hydrogen-bond acceptors (Lipinski definition) is 3. The Morgan fingerprint density at radius 2 is 2.00 bits per heavy atom. The average molecular weight is 244 g/mol. The molecule has 92 valence electrons. The Balaban J connectivity index is 2.72. The van der Waals surface area contributed by atoms with Crippen LogP contribution < -0.4 is 5.32 Å². The molecule has 0 aliphatic rings. The number of carbonyl (C=O) groups is 2. The summed E-state index contributed by atoms with van der Waals surface area (Å²) >= 11 is 0. The quantitative estimate of drug-likeness (QED) is 0.848. The number of nitrogens with one attached hydrogen (secondary N) is 1. The molecule has 1 heterocycles. The van der Waals surface area contributed by atoms with Crippen molar-refractivity contribution in [1.82, 2.24) is 4.98 Å². The molecule has 0 unspecified atom stereocenters. The van der Waals surface area contributed by atoms with Crippen molar-refractivity contribution < 1.29 is 14.7 Å².